The molecule has 0 heterocycles. The van der Waals surface area contributed by atoms with Crippen LogP contribution in [0.5, 0.6) is 5.75 Å². The molecule has 2 saturated carbocycles. The summed E-state index contributed by atoms with van der Waals surface area (Å²) in [5.41, 5.74) is 0.757. The minimum atomic E-state index is -0.631. The van der Waals surface area contributed by atoms with Crippen molar-refractivity contribution >= 4 is 0 Å². The molecule has 0 spiro atoms. The van der Waals surface area contributed by atoms with Gasteiger partial charge in [-0.3, -0.25) is 0 Å². The van der Waals surface area contributed by atoms with Gasteiger partial charge >= 0.3 is 0 Å². The number of fused-ring (bicyclic) bond motifs is 1. The number of benzene rings is 2. The Morgan fingerprint density at radius 1 is 0.862 bits per heavy atom. The van der Waals surface area contributed by atoms with Gasteiger partial charge in [0.25, 0.3) is 0 Å². The molecule has 0 aliphatic heterocycles. The maximum Gasteiger partial charge on any atom is 0.165 e. The van der Waals surface area contributed by atoms with Crippen molar-refractivity contribution in [1.82, 2.24) is 0 Å². The molecule has 0 radical (unpaired) electrons. The number of halogens is 3. The van der Waals surface area contributed by atoms with Crippen LogP contribution in [0.3, 0.4) is 0 Å². The van der Waals surface area contributed by atoms with E-state index in [1.807, 2.05) is 0 Å². The lowest BCUT2D eigenvalue weighted by Gasteiger charge is -2.42. The van der Waals surface area contributed by atoms with Crippen molar-refractivity contribution in [2.45, 2.75) is 57.8 Å². The summed E-state index contributed by atoms with van der Waals surface area (Å²) in [4.78, 5) is 0. The fourth-order valence-corrected chi connectivity index (χ4v) is 5.59. The molecular formula is C25H29F3O. The van der Waals surface area contributed by atoms with E-state index in [4.69, 9.17) is 4.74 Å². The lowest BCUT2D eigenvalue weighted by atomic mass is 9.63. The Labute approximate surface area is 171 Å². The van der Waals surface area contributed by atoms with Crippen LogP contribution < -0.4 is 4.74 Å². The fraction of sp³-hybridized carbons (Fsp3) is 0.520. The third-order valence-corrected chi connectivity index (χ3v) is 7.28. The molecule has 2 aliphatic rings. The Morgan fingerprint density at radius 2 is 1.55 bits per heavy atom. The Kier molecular flexibility index (Phi) is 5.89. The van der Waals surface area contributed by atoms with Crippen LogP contribution in [0.25, 0.3) is 11.1 Å². The summed E-state index contributed by atoms with van der Waals surface area (Å²) in [6, 6.07) is 6.93. The van der Waals surface area contributed by atoms with Crippen molar-refractivity contribution in [3.63, 3.8) is 0 Å². The van der Waals surface area contributed by atoms with Crippen LogP contribution in [0.4, 0.5) is 13.2 Å². The molecule has 4 heteroatoms. The highest BCUT2D eigenvalue weighted by atomic mass is 19.1. The molecule has 4 atom stereocenters. The van der Waals surface area contributed by atoms with Crippen molar-refractivity contribution in [2.24, 2.45) is 17.8 Å². The zero-order chi connectivity index (χ0) is 20.5. The average Bonchev–Trinajstić information content (AvgIpc) is 2.72. The van der Waals surface area contributed by atoms with E-state index in [2.05, 4.69) is 6.92 Å². The van der Waals surface area contributed by atoms with E-state index in [9.17, 15) is 13.2 Å². The van der Waals surface area contributed by atoms with Gasteiger partial charge in [0, 0.05) is 0 Å². The summed E-state index contributed by atoms with van der Waals surface area (Å²) in [5, 5.41) is 0. The van der Waals surface area contributed by atoms with Crippen LogP contribution in [0.1, 0.15) is 63.4 Å². The zero-order valence-electron chi connectivity index (χ0n) is 17.2. The lowest BCUT2D eigenvalue weighted by molar-refractivity contribution is 0.116. The molecule has 0 bridgehead atoms. The Bertz CT molecular complexity index is 855. The Hall–Kier alpha value is -1.97. The van der Waals surface area contributed by atoms with Gasteiger partial charge in [-0.15, -0.1) is 0 Å². The molecule has 2 aromatic carbocycles. The van der Waals surface area contributed by atoms with Gasteiger partial charge in [-0.25, -0.2) is 13.2 Å². The largest absolute Gasteiger partial charge is 0.494 e. The predicted molar refractivity (Wildman–Crippen MR) is 110 cm³/mol. The topological polar surface area (TPSA) is 9.23 Å². The van der Waals surface area contributed by atoms with Gasteiger partial charge in [0.2, 0.25) is 0 Å². The fourth-order valence-electron chi connectivity index (χ4n) is 5.59. The Balaban J connectivity index is 1.56. The van der Waals surface area contributed by atoms with Crippen molar-refractivity contribution in [2.75, 3.05) is 7.11 Å². The van der Waals surface area contributed by atoms with Gasteiger partial charge in [-0.05, 0) is 91.2 Å². The molecule has 0 amide bonds. The number of rotatable bonds is 4. The molecule has 2 aromatic rings. The van der Waals surface area contributed by atoms with E-state index in [0.29, 0.717) is 5.92 Å². The van der Waals surface area contributed by atoms with Gasteiger partial charge in [0.05, 0.1) is 12.7 Å². The summed E-state index contributed by atoms with van der Waals surface area (Å²) in [7, 11) is 1.36. The molecule has 1 nitrogen and oxygen atoms in total. The van der Waals surface area contributed by atoms with Crippen LogP contribution >= 0.6 is 0 Å². The lowest BCUT2D eigenvalue weighted by Crippen LogP contribution is -2.30. The van der Waals surface area contributed by atoms with Gasteiger partial charge in [-0.1, -0.05) is 25.8 Å². The number of ether oxygens (including phenoxy) is 1. The molecule has 0 saturated heterocycles. The van der Waals surface area contributed by atoms with Crippen molar-refractivity contribution in [3.05, 3.63) is 53.3 Å². The molecule has 29 heavy (non-hydrogen) atoms. The summed E-state index contributed by atoms with van der Waals surface area (Å²) < 4.78 is 48.7. The van der Waals surface area contributed by atoms with E-state index >= 15 is 0 Å². The first-order chi connectivity index (χ1) is 14.0. The minimum Gasteiger partial charge on any atom is -0.494 e. The maximum atomic E-state index is 14.9. The first kappa shape index (κ1) is 20.3. The van der Waals surface area contributed by atoms with Crippen LogP contribution in [0, 0.1) is 35.2 Å². The van der Waals surface area contributed by atoms with Crippen molar-refractivity contribution < 1.29 is 17.9 Å². The molecule has 4 unspecified atom stereocenters. The summed E-state index contributed by atoms with van der Waals surface area (Å²) in [6.45, 7) is 2.28. The summed E-state index contributed by atoms with van der Waals surface area (Å²) >= 11 is 0. The number of methoxy groups -OCH3 is 1. The van der Waals surface area contributed by atoms with Crippen LogP contribution in [0.15, 0.2) is 30.3 Å². The standard InChI is InChI=1S/C25H29F3O/c1-3-15-4-5-17-11-18(7-6-16(17)10-15)20-13-22(27)25(23(28)14-20)19-8-9-24(29-2)21(26)12-19/h8-9,12-18H,3-7,10-11H2,1-2H3. The van der Waals surface area contributed by atoms with E-state index in [-0.39, 0.29) is 22.8 Å². The van der Waals surface area contributed by atoms with Gasteiger partial charge < -0.3 is 4.74 Å². The monoisotopic (exact) mass is 402 g/mol. The summed E-state index contributed by atoms with van der Waals surface area (Å²) in [5.74, 6) is 0.698. The SMILES string of the molecule is CCC1CCC2CC(c3cc(F)c(-c4ccc(OC)c(F)c4)c(F)c3)CCC2C1. The second kappa shape index (κ2) is 8.41. The number of hydrogen-bond acceptors (Lipinski definition) is 1. The second-order valence-electron chi connectivity index (χ2n) is 8.83. The smallest absolute Gasteiger partial charge is 0.165 e. The molecule has 0 aromatic heterocycles. The second-order valence-corrected chi connectivity index (χ2v) is 8.83. The zero-order valence-corrected chi connectivity index (χ0v) is 17.2. The first-order valence-corrected chi connectivity index (χ1v) is 10.8. The van der Waals surface area contributed by atoms with E-state index < -0.39 is 17.5 Å². The van der Waals surface area contributed by atoms with E-state index in [1.165, 1.54) is 57.1 Å². The predicted octanol–water partition coefficient (Wildman–Crippen LogP) is 7.49. The van der Waals surface area contributed by atoms with Crippen molar-refractivity contribution in [1.29, 1.82) is 0 Å². The van der Waals surface area contributed by atoms with Crippen LogP contribution in [0.2, 0.25) is 0 Å². The molecule has 2 aliphatic carbocycles. The highest BCUT2D eigenvalue weighted by Crippen LogP contribution is 2.48. The highest BCUT2D eigenvalue weighted by Gasteiger charge is 2.36. The first-order valence-electron chi connectivity index (χ1n) is 10.8. The quantitative estimate of drug-likeness (QED) is 0.515. The van der Waals surface area contributed by atoms with Crippen LogP contribution in [-0.4, -0.2) is 7.11 Å². The Morgan fingerprint density at radius 3 is 2.21 bits per heavy atom. The minimum absolute atomic E-state index is 0.0562. The average molecular weight is 403 g/mol. The normalized spacial score (nSPS) is 26.8. The van der Waals surface area contributed by atoms with Gasteiger partial charge in [0.15, 0.2) is 11.6 Å². The van der Waals surface area contributed by atoms with E-state index in [1.54, 1.807) is 0 Å². The van der Waals surface area contributed by atoms with Gasteiger partial charge in [0.1, 0.15) is 11.6 Å². The summed E-state index contributed by atoms with van der Waals surface area (Å²) in [6.07, 6.45) is 8.28. The third kappa shape index (κ3) is 4.04. The van der Waals surface area contributed by atoms with E-state index in [0.717, 1.165) is 42.7 Å². The molecule has 2 fully saturated rings. The highest BCUT2D eigenvalue weighted by molar-refractivity contribution is 5.66. The maximum absolute atomic E-state index is 14.9. The third-order valence-electron chi connectivity index (χ3n) is 7.28. The van der Waals surface area contributed by atoms with Gasteiger partial charge in [-0.2, -0.15) is 0 Å². The molecule has 156 valence electrons. The molecule has 0 N–H and O–H groups in total. The number of hydrogen-bond donors (Lipinski definition) is 0. The van der Waals surface area contributed by atoms with Crippen LogP contribution in [-0.2, 0) is 0 Å². The molecule has 4 rings (SSSR count). The molecular weight excluding hydrogens is 373 g/mol. The van der Waals surface area contributed by atoms with Crippen molar-refractivity contribution in [3.8, 4) is 16.9 Å².